The number of carbonyl (C=O) groups is 1. The highest BCUT2D eigenvalue weighted by Gasteiger charge is 2.11. The Labute approximate surface area is 124 Å². The SMILES string of the molecule is O=C(Nc1nc2ccccc2[nH]1)c1cc(Cl)nc(Cl)c1. The quantitative estimate of drug-likeness (QED) is 0.712. The zero-order valence-corrected chi connectivity index (χ0v) is 11.5. The van der Waals surface area contributed by atoms with Crippen molar-refractivity contribution in [1.29, 1.82) is 0 Å². The number of anilines is 1. The molecule has 0 spiro atoms. The van der Waals surface area contributed by atoms with E-state index in [0.29, 0.717) is 11.5 Å². The van der Waals surface area contributed by atoms with Crippen LogP contribution < -0.4 is 5.32 Å². The molecule has 1 aromatic carbocycles. The molecule has 0 atom stereocenters. The van der Waals surface area contributed by atoms with E-state index in [4.69, 9.17) is 23.2 Å². The summed E-state index contributed by atoms with van der Waals surface area (Å²) >= 11 is 11.5. The topological polar surface area (TPSA) is 70.7 Å². The number of rotatable bonds is 2. The summed E-state index contributed by atoms with van der Waals surface area (Å²) in [6.07, 6.45) is 0. The lowest BCUT2D eigenvalue weighted by molar-refractivity contribution is 0.102. The van der Waals surface area contributed by atoms with E-state index in [1.165, 1.54) is 12.1 Å². The summed E-state index contributed by atoms with van der Waals surface area (Å²) in [7, 11) is 0. The number of pyridine rings is 1. The van der Waals surface area contributed by atoms with Crippen molar-refractivity contribution in [3.05, 3.63) is 52.3 Å². The van der Waals surface area contributed by atoms with Crippen LogP contribution in [0, 0.1) is 0 Å². The minimum atomic E-state index is -0.366. The van der Waals surface area contributed by atoms with Crippen LogP contribution in [0.3, 0.4) is 0 Å². The Balaban J connectivity index is 1.88. The Morgan fingerprint density at radius 1 is 1.10 bits per heavy atom. The maximum Gasteiger partial charge on any atom is 0.258 e. The molecular formula is C13H8Cl2N4O. The Kier molecular flexibility index (Phi) is 3.30. The first-order valence-corrected chi connectivity index (χ1v) is 6.46. The largest absolute Gasteiger partial charge is 0.324 e. The smallest absolute Gasteiger partial charge is 0.258 e. The van der Waals surface area contributed by atoms with Crippen LogP contribution in [0.4, 0.5) is 5.95 Å². The van der Waals surface area contributed by atoms with Gasteiger partial charge in [0.2, 0.25) is 5.95 Å². The highest BCUT2D eigenvalue weighted by atomic mass is 35.5. The summed E-state index contributed by atoms with van der Waals surface area (Å²) < 4.78 is 0. The van der Waals surface area contributed by atoms with Gasteiger partial charge in [-0.1, -0.05) is 35.3 Å². The van der Waals surface area contributed by atoms with Crippen molar-refractivity contribution in [3.8, 4) is 0 Å². The molecule has 0 radical (unpaired) electrons. The number of nitrogens with one attached hydrogen (secondary N) is 2. The number of halogens is 2. The lowest BCUT2D eigenvalue weighted by Crippen LogP contribution is -2.13. The predicted octanol–water partition coefficient (Wildman–Crippen LogP) is 3.52. The van der Waals surface area contributed by atoms with Crippen LogP contribution in [-0.2, 0) is 0 Å². The Bertz CT molecular complexity index is 747. The molecule has 0 bridgehead atoms. The fourth-order valence-corrected chi connectivity index (χ4v) is 2.25. The molecule has 0 saturated heterocycles. The molecule has 2 N–H and O–H groups in total. The number of imidazole rings is 1. The minimum Gasteiger partial charge on any atom is -0.324 e. The molecule has 3 rings (SSSR count). The van der Waals surface area contributed by atoms with Crippen molar-refractivity contribution in [3.63, 3.8) is 0 Å². The molecule has 7 heteroatoms. The van der Waals surface area contributed by atoms with E-state index in [1.54, 1.807) is 0 Å². The molecule has 0 saturated carbocycles. The van der Waals surface area contributed by atoms with E-state index in [9.17, 15) is 4.79 Å². The molecule has 100 valence electrons. The zero-order chi connectivity index (χ0) is 14.1. The monoisotopic (exact) mass is 306 g/mol. The highest BCUT2D eigenvalue weighted by molar-refractivity contribution is 6.33. The van der Waals surface area contributed by atoms with Crippen LogP contribution in [0.15, 0.2) is 36.4 Å². The lowest BCUT2D eigenvalue weighted by atomic mass is 10.2. The predicted molar refractivity (Wildman–Crippen MR) is 78.3 cm³/mol. The second kappa shape index (κ2) is 5.11. The third-order valence-electron chi connectivity index (χ3n) is 2.65. The maximum atomic E-state index is 12.1. The standard InChI is InChI=1S/C13H8Cl2N4O/c14-10-5-7(6-11(15)18-10)12(20)19-13-16-8-3-1-2-4-9(8)17-13/h1-6H,(H2,16,17,19,20). The van der Waals surface area contributed by atoms with Gasteiger partial charge in [0.05, 0.1) is 11.0 Å². The molecule has 2 heterocycles. The van der Waals surface area contributed by atoms with Crippen molar-refractivity contribution >= 4 is 46.1 Å². The summed E-state index contributed by atoms with van der Waals surface area (Å²) in [6.45, 7) is 0. The van der Waals surface area contributed by atoms with Crippen molar-refractivity contribution in [2.45, 2.75) is 0 Å². The molecule has 20 heavy (non-hydrogen) atoms. The van der Waals surface area contributed by atoms with Gasteiger partial charge in [0, 0.05) is 5.56 Å². The molecule has 0 aliphatic carbocycles. The molecule has 0 unspecified atom stereocenters. The van der Waals surface area contributed by atoms with Gasteiger partial charge in [0.25, 0.3) is 5.91 Å². The maximum absolute atomic E-state index is 12.1. The third-order valence-corrected chi connectivity index (χ3v) is 3.03. The number of amides is 1. The summed E-state index contributed by atoms with van der Waals surface area (Å²) in [5.41, 5.74) is 1.93. The third kappa shape index (κ3) is 2.59. The first-order valence-electron chi connectivity index (χ1n) is 5.71. The Morgan fingerprint density at radius 2 is 1.80 bits per heavy atom. The molecule has 3 aromatic rings. The first-order chi connectivity index (χ1) is 9.61. The van der Waals surface area contributed by atoms with E-state index in [2.05, 4.69) is 20.3 Å². The first kappa shape index (κ1) is 12.9. The number of H-pyrrole nitrogens is 1. The number of benzene rings is 1. The second-order valence-corrected chi connectivity index (χ2v) is 4.83. The number of para-hydroxylation sites is 2. The van der Waals surface area contributed by atoms with Gasteiger partial charge in [-0.25, -0.2) is 9.97 Å². The van der Waals surface area contributed by atoms with Crippen LogP contribution in [0.5, 0.6) is 0 Å². The van der Waals surface area contributed by atoms with Crippen LogP contribution in [0.1, 0.15) is 10.4 Å². The number of carbonyl (C=O) groups excluding carboxylic acids is 1. The molecule has 0 aliphatic rings. The number of aromatic amines is 1. The second-order valence-electron chi connectivity index (χ2n) is 4.06. The summed E-state index contributed by atoms with van der Waals surface area (Å²) in [6, 6.07) is 10.3. The van der Waals surface area contributed by atoms with E-state index >= 15 is 0 Å². The number of hydrogen-bond acceptors (Lipinski definition) is 3. The fourth-order valence-electron chi connectivity index (χ4n) is 1.79. The Hall–Kier alpha value is -2.11. The van der Waals surface area contributed by atoms with Crippen molar-refractivity contribution in [2.75, 3.05) is 5.32 Å². The molecule has 5 nitrogen and oxygen atoms in total. The van der Waals surface area contributed by atoms with Crippen molar-refractivity contribution in [1.82, 2.24) is 15.0 Å². The van der Waals surface area contributed by atoms with Gasteiger partial charge < -0.3 is 4.98 Å². The summed E-state index contributed by atoms with van der Waals surface area (Å²) in [5, 5.41) is 2.97. The average molecular weight is 307 g/mol. The van der Waals surface area contributed by atoms with Gasteiger partial charge in [-0.3, -0.25) is 10.1 Å². The molecule has 2 aromatic heterocycles. The summed E-state index contributed by atoms with van der Waals surface area (Å²) in [5.74, 6) is -0.00415. The summed E-state index contributed by atoms with van der Waals surface area (Å²) in [4.78, 5) is 23.1. The van der Waals surface area contributed by atoms with E-state index in [1.807, 2.05) is 24.3 Å². The van der Waals surface area contributed by atoms with Gasteiger partial charge in [-0.05, 0) is 24.3 Å². The van der Waals surface area contributed by atoms with Gasteiger partial charge >= 0.3 is 0 Å². The molecular weight excluding hydrogens is 299 g/mol. The molecule has 1 amide bonds. The van der Waals surface area contributed by atoms with Gasteiger partial charge in [0.1, 0.15) is 10.3 Å². The van der Waals surface area contributed by atoms with E-state index < -0.39 is 0 Å². The van der Waals surface area contributed by atoms with Gasteiger partial charge in [-0.15, -0.1) is 0 Å². The van der Waals surface area contributed by atoms with E-state index in [-0.39, 0.29) is 16.2 Å². The number of aromatic nitrogens is 3. The zero-order valence-electron chi connectivity index (χ0n) is 10.0. The normalized spacial score (nSPS) is 10.7. The number of hydrogen-bond donors (Lipinski definition) is 2. The van der Waals surface area contributed by atoms with Crippen LogP contribution in [-0.4, -0.2) is 20.9 Å². The van der Waals surface area contributed by atoms with Gasteiger partial charge in [-0.2, -0.15) is 0 Å². The highest BCUT2D eigenvalue weighted by Crippen LogP contribution is 2.17. The van der Waals surface area contributed by atoms with Crippen LogP contribution in [0.25, 0.3) is 11.0 Å². The Morgan fingerprint density at radius 3 is 2.50 bits per heavy atom. The minimum absolute atomic E-state index is 0.159. The molecule has 0 fully saturated rings. The number of nitrogens with zero attached hydrogens (tertiary/aromatic N) is 2. The van der Waals surface area contributed by atoms with Crippen molar-refractivity contribution < 1.29 is 4.79 Å². The van der Waals surface area contributed by atoms with Gasteiger partial charge in [0.15, 0.2) is 0 Å². The van der Waals surface area contributed by atoms with Crippen LogP contribution in [0.2, 0.25) is 10.3 Å². The lowest BCUT2D eigenvalue weighted by Gasteiger charge is -2.02. The van der Waals surface area contributed by atoms with Crippen molar-refractivity contribution in [2.24, 2.45) is 0 Å². The van der Waals surface area contributed by atoms with Crippen LogP contribution >= 0.6 is 23.2 Å². The van der Waals surface area contributed by atoms with E-state index in [0.717, 1.165) is 11.0 Å². The number of fused-ring (bicyclic) bond motifs is 1. The average Bonchev–Trinajstić information content (AvgIpc) is 2.79. The fraction of sp³-hybridized carbons (Fsp3) is 0. The molecule has 0 aliphatic heterocycles.